The van der Waals surface area contributed by atoms with Crippen LogP contribution in [0, 0.1) is 0 Å². The molecule has 4 nitrogen and oxygen atoms in total. The third kappa shape index (κ3) is 3.43. The third-order valence-corrected chi connectivity index (χ3v) is 3.76. The van der Waals surface area contributed by atoms with Crippen LogP contribution in [-0.4, -0.2) is 40.3 Å². The van der Waals surface area contributed by atoms with Crippen molar-refractivity contribution < 1.29 is 5.11 Å². The molecule has 1 saturated carbocycles. The molecular formula is C14H22N2O2. The maximum atomic E-state index is 11.6. The van der Waals surface area contributed by atoms with Gasteiger partial charge in [-0.25, -0.2) is 0 Å². The van der Waals surface area contributed by atoms with Crippen LogP contribution >= 0.6 is 0 Å². The largest absolute Gasteiger partial charge is 0.395 e. The average molecular weight is 250 g/mol. The monoisotopic (exact) mass is 250 g/mol. The minimum absolute atomic E-state index is 0.0490. The minimum atomic E-state index is 0.0490. The molecule has 0 aliphatic heterocycles. The van der Waals surface area contributed by atoms with Gasteiger partial charge in [0.05, 0.1) is 6.61 Å². The molecule has 0 amide bonds. The number of hydrogen-bond acceptors (Lipinski definition) is 3. The van der Waals surface area contributed by atoms with Gasteiger partial charge in [-0.3, -0.25) is 9.69 Å². The van der Waals surface area contributed by atoms with Crippen molar-refractivity contribution >= 4 is 0 Å². The van der Waals surface area contributed by atoms with Crippen molar-refractivity contribution in [3.63, 3.8) is 0 Å². The smallest absolute Gasteiger partial charge is 0.250 e. The highest BCUT2D eigenvalue weighted by atomic mass is 16.3. The summed E-state index contributed by atoms with van der Waals surface area (Å²) in [6.45, 7) is 2.46. The highest BCUT2D eigenvalue weighted by Gasteiger charge is 2.21. The predicted molar refractivity (Wildman–Crippen MR) is 71.6 cm³/mol. The summed E-state index contributed by atoms with van der Waals surface area (Å²) in [5.74, 6) is 0. The first-order valence-electron chi connectivity index (χ1n) is 6.81. The zero-order valence-corrected chi connectivity index (χ0v) is 10.8. The predicted octanol–water partition coefficient (Wildman–Crippen LogP) is 1.09. The molecule has 4 heteroatoms. The van der Waals surface area contributed by atoms with E-state index in [1.165, 1.54) is 25.7 Å². The summed E-state index contributed by atoms with van der Waals surface area (Å²) in [5, 5.41) is 9.14. The van der Waals surface area contributed by atoms with Gasteiger partial charge in [-0.15, -0.1) is 0 Å². The van der Waals surface area contributed by atoms with Gasteiger partial charge in [-0.2, -0.15) is 0 Å². The molecule has 1 heterocycles. The molecule has 100 valence electrons. The van der Waals surface area contributed by atoms with Crippen molar-refractivity contribution in [1.82, 2.24) is 9.47 Å². The van der Waals surface area contributed by atoms with Crippen LogP contribution in [0.2, 0.25) is 0 Å². The molecule has 0 bridgehead atoms. The van der Waals surface area contributed by atoms with Gasteiger partial charge in [0.25, 0.3) is 5.56 Å². The number of aromatic nitrogens is 1. The molecular weight excluding hydrogens is 228 g/mol. The van der Waals surface area contributed by atoms with Crippen molar-refractivity contribution in [2.24, 2.45) is 0 Å². The Morgan fingerprint density at radius 2 is 2.06 bits per heavy atom. The van der Waals surface area contributed by atoms with Crippen molar-refractivity contribution in [3.05, 3.63) is 34.7 Å². The Balaban J connectivity index is 1.93. The Morgan fingerprint density at radius 1 is 1.28 bits per heavy atom. The molecule has 0 atom stereocenters. The molecule has 2 rings (SSSR count). The topological polar surface area (TPSA) is 45.5 Å². The highest BCUT2D eigenvalue weighted by Crippen LogP contribution is 2.23. The summed E-state index contributed by atoms with van der Waals surface area (Å²) in [6, 6.07) is 5.83. The van der Waals surface area contributed by atoms with Crippen molar-refractivity contribution in [3.8, 4) is 0 Å². The van der Waals surface area contributed by atoms with E-state index < -0.39 is 0 Å². The van der Waals surface area contributed by atoms with Crippen LogP contribution in [0.4, 0.5) is 0 Å². The number of nitrogens with zero attached hydrogens (tertiary/aromatic N) is 2. The van der Waals surface area contributed by atoms with Crippen molar-refractivity contribution in [1.29, 1.82) is 0 Å². The third-order valence-electron chi connectivity index (χ3n) is 3.76. The van der Waals surface area contributed by atoms with Crippen LogP contribution in [0.25, 0.3) is 0 Å². The molecule has 0 radical (unpaired) electrons. The molecule has 0 saturated heterocycles. The Labute approximate surface area is 108 Å². The van der Waals surface area contributed by atoms with E-state index in [0.717, 1.165) is 6.54 Å². The summed E-state index contributed by atoms with van der Waals surface area (Å²) in [7, 11) is 0. The molecule has 1 aromatic rings. The van der Waals surface area contributed by atoms with Crippen LogP contribution < -0.4 is 5.56 Å². The van der Waals surface area contributed by atoms with Crippen LogP contribution in [-0.2, 0) is 6.54 Å². The van der Waals surface area contributed by atoms with E-state index in [2.05, 4.69) is 4.90 Å². The SMILES string of the molecule is O=c1ccccn1CCN(CCO)C1CCCC1. The standard InChI is InChI=1S/C14H22N2O2/c17-12-11-15(13-5-1-2-6-13)9-10-16-8-4-3-7-14(16)18/h3-4,7-8,13,17H,1-2,5-6,9-12H2. The first-order valence-corrected chi connectivity index (χ1v) is 6.81. The Morgan fingerprint density at radius 3 is 2.72 bits per heavy atom. The molecule has 0 aromatic carbocycles. The second-order valence-electron chi connectivity index (χ2n) is 4.93. The van der Waals surface area contributed by atoms with E-state index in [-0.39, 0.29) is 12.2 Å². The van der Waals surface area contributed by atoms with Crippen molar-refractivity contribution in [2.45, 2.75) is 38.3 Å². The highest BCUT2D eigenvalue weighted by molar-refractivity contribution is 4.93. The molecule has 1 aliphatic carbocycles. The number of hydrogen-bond donors (Lipinski definition) is 1. The zero-order chi connectivity index (χ0) is 12.8. The van der Waals surface area contributed by atoms with Gasteiger partial charge in [-0.1, -0.05) is 18.9 Å². The Hall–Kier alpha value is -1.13. The number of aliphatic hydroxyl groups is 1. The fourth-order valence-corrected chi connectivity index (χ4v) is 2.76. The van der Waals surface area contributed by atoms with Gasteiger partial charge >= 0.3 is 0 Å². The fourth-order valence-electron chi connectivity index (χ4n) is 2.76. The van der Waals surface area contributed by atoms with Gasteiger partial charge in [0.15, 0.2) is 0 Å². The van der Waals surface area contributed by atoms with E-state index in [0.29, 0.717) is 19.1 Å². The fraction of sp³-hybridized carbons (Fsp3) is 0.643. The molecule has 1 N–H and O–H groups in total. The Kier molecular flexibility index (Phi) is 4.96. The second kappa shape index (κ2) is 6.71. The maximum Gasteiger partial charge on any atom is 0.250 e. The molecule has 1 fully saturated rings. The number of rotatable bonds is 6. The van der Waals surface area contributed by atoms with Gasteiger partial charge in [-0.05, 0) is 18.9 Å². The summed E-state index contributed by atoms with van der Waals surface area (Å²) < 4.78 is 1.74. The number of pyridine rings is 1. The molecule has 1 aliphatic rings. The van der Waals surface area contributed by atoms with Crippen LogP contribution in [0.1, 0.15) is 25.7 Å². The lowest BCUT2D eigenvalue weighted by molar-refractivity contribution is 0.146. The van der Waals surface area contributed by atoms with Crippen LogP contribution in [0.3, 0.4) is 0 Å². The summed E-state index contributed by atoms with van der Waals surface area (Å²) in [4.78, 5) is 13.9. The van der Waals surface area contributed by atoms with E-state index >= 15 is 0 Å². The molecule has 0 spiro atoms. The van der Waals surface area contributed by atoms with Crippen LogP contribution in [0.5, 0.6) is 0 Å². The first-order chi connectivity index (χ1) is 8.81. The zero-order valence-electron chi connectivity index (χ0n) is 10.8. The number of aliphatic hydroxyl groups excluding tert-OH is 1. The summed E-state index contributed by atoms with van der Waals surface area (Å²) in [5.41, 5.74) is 0.0490. The van der Waals surface area contributed by atoms with Gasteiger partial charge in [0, 0.05) is 37.9 Å². The van der Waals surface area contributed by atoms with E-state index in [1.807, 2.05) is 12.3 Å². The minimum Gasteiger partial charge on any atom is -0.395 e. The van der Waals surface area contributed by atoms with E-state index in [4.69, 9.17) is 5.11 Å². The molecule has 1 aromatic heterocycles. The van der Waals surface area contributed by atoms with Crippen LogP contribution in [0.15, 0.2) is 29.2 Å². The van der Waals surface area contributed by atoms with Gasteiger partial charge in [0.2, 0.25) is 0 Å². The van der Waals surface area contributed by atoms with E-state index in [1.54, 1.807) is 16.7 Å². The lowest BCUT2D eigenvalue weighted by Gasteiger charge is -2.28. The summed E-state index contributed by atoms with van der Waals surface area (Å²) in [6.07, 6.45) is 6.86. The quantitative estimate of drug-likeness (QED) is 0.822. The normalized spacial score (nSPS) is 16.6. The molecule has 0 unspecified atom stereocenters. The van der Waals surface area contributed by atoms with Gasteiger partial charge in [0.1, 0.15) is 0 Å². The van der Waals surface area contributed by atoms with E-state index in [9.17, 15) is 4.79 Å². The lowest BCUT2D eigenvalue weighted by atomic mass is 10.2. The second-order valence-corrected chi connectivity index (χ2v) is 4.93. The maximum absolute atomic E-state index is 11.6. The first kappa shape index (κ1) is 13.3. The Bertz CT molecular complexity index is 410. The molecule has 18 heavy (non-hydrogen) atoms. The lowest BCUT2D eigenvalue weighted by Crippen LogP contribution is -2.39. The van der Waals surface area contributed by atoms with Gasteiger partial charge < -0.3 is 9.67 Å². The van der Waals surface area contributed by atoms with Crippen molar-refractivity contribution in [2.75, 3.05) is 19.7 Å². The summed E-state index contributed by atoms with van der Waals surface area (Å²) >= 11 is 0. The average Bonchev–Trinajstić information content (AvgIpc) is 2.90.